The number of halogens is 4. The quantitative estimate of drug-likeness (QED) is 0.639. The smallest absolute Gasteiger partial charge is 0.243 e. The Hall–Kier alpha value is -1.71. The Morgan fingerprint density at radius 3 is 2.96 bits per heavy atom. The summed E-state index contributed by atoms with van der Waals surface area (Å²) in [5.41, 5.74) is 5.91. The zero-order valence-corrected chi connectivity index (χ0v) is 14.6. The van der Waals surface area contributed by atoms with Crippen molar-refractivity contribution >= 4 is 38.9 Å². The molecule has 0 amide bonds. The second kappa shape index (κ2) is 7.04. The normalized spacial score (nSPS) is 12.7. The second-order valence-corrected chi connectivity index (χ2v) is 6.21. The van der Waals surface area contributed by atoms with Crippen LogP contribution in [0.2, 0.25) is 5.28 Å². The highest BCUT2D eigenvalue weighted by atomic mass is 79.9. The number of hydrogen-bond donors (Lipinski definition) is 2. The summed E-state index contributed by atoms with van der Waals surface area (Å²) in [5, 5.41) is 6.88. The Morgan fingerprint density at radius 2 is 2.29 bits per heavy atom. The van der Waals surface area contributed by atoms with E-state index in [2.05, 4.69) is 31.3 Å². The highest BCUT2D eigenvalue weighted by molar-refractivity contribution is 9.10. The Bertz CT molecular complexity index is 855. The summed E-state index contributed by atoms with van der Waals surface area (Å²) >= 11 is 9.18. The Morgan fingerprint density at radius 1 is 1.50 bits per heavy atom. The topological polar surface area (TPSA) is 81.4 Å². The molecule has 3 heterocycles. The van der Waals surface area contributed by atoms with Crippen LogP contribution in [0.25, 0.3) is 5.52 Å². The minimum Gasteiger partial charge on any atom is -0.467 e. The largest absolute Gasteiger partial charge is 0.467 e. The summed E-state index contributed by atoms with van der Waals surface area (Å²) in [6, 6.07) is 2.70. The predicted octanol–water partition coefficient (Wildman–Crippen LogP) is 3.33. The van der Waals surface area contributed by atoms with Crippen molar-refractivity contribution in [3.8, 4) is 0 Å². The lowest BCUT2D eigenvalue weighted by atomic mass is 10.1. The van der Waals surface area contributed by atoms with E-state index in [1.807, 2.05) is 0 Å². The fraction of sp³-hybridized carbons (Fsp3) is 0.286. The standard InChI is InChI=1S/C14H13BrClF2N5O/c15-12-9(4-7(19)5-17)10(18)11-13(21-14(16)22-23(11)12)20-6-8-2-1-3-24-8/h1-3,7H,4-6,19H2,(H,20,21,22)/t7-/m1/s1. The first-order valence-electron chi connectivity index (χ1n) is 7.01. The van der Waals surface area contributed by atoms with Crippen LogP contribution < -0.4 is 11.1 Å². The van der Waals surface area contributed by atoms with Gasteiger partial charge in [-0.05, 0) is 46.1 Å². The van der Waals surface area contributed by atoms with Gasteiger partial charge in [0.25, 0.3) is 0 Å². The lowest BCUT2D eigenvalue weighted by molar-refractivity contribution is 0.423. The molecule has 0 unspecified atom stereocenters. The molecule has 3 aromatic rings. The van der Waals surface area contributed by atoms with E-state index in [4.69, 9.17) is 21.8 Å². The second-order valence-electron chi connectivity index (χ2n) is 5.12. The van der Waals surface area contributed by atoms with Crippen LogP contribution in [-0.4, -0.2) is 27.3 Å². The van der Waals surface area contributed by atoms with Crippen LogP contribution in [0.1, 0.15) is 11.3 Å². The van der Waals surface area contributed by atoms with E-state index in [1.165, 1.54) is 10.8 Å². The van der Waals surface area contributed by atoms with Crippen molar-refractivity contribution in [2.75, 3.05) is 12.0 Å². The van der Waals surface area contributed by atoms with E-state index in [9.17, 15) is 8.78 Å². The maximum Gasteiger partial charge on any atom is 0.243 e. The first-order valence-corrected chi connectivity index (χ1v) is 8.18. The molecule has 10 heteroatoms. The monoisotopic (exact) mass is 419 g/mol. The van der Waals surface area contributed by atoms with E-state index in [0.717, 1.165) is 0 Å². The van der Waals surface area contributed by atoms with Gasteiger partial charge in [0.05, 0.1) is 12.8 Å². The molecule has 3 rings (SSSR count). The summed E-state index contributed by atoms with van der Waals surface area (Å²) < 4.78 is 34.3. The lowest BCUT2D eigenvalue weighted by Crippen LogP contribution is -2.25. The summed E-state index contributed by atoms with van der Waals surface area (Å²) in [7, 11) is 0. The first-order chi connectivity index (χ1) is 11.5. The van der Waals surface area contributed by atoms with Gasteiger partial charge in [0.2, 0.25) is 5.28 Å². The molecule has 0 spiro atoms. The molecule has 6 nitrogen and oxygen atoms in total. The predicted molar refractivity (Wildman–Crippen MR) is 89.3 cm³/mol. The van der Waals surface area contributed by atoms with Gasteiger partial charge < -0.3 is 15.5 Å². The molecule has 0 fully saturated rings. The number of anilines is 1. The van der Waals surface area contributed by atoms with Crippen molar-refractivity contribution in [3.05, 3.63) is 45.4 Å². The number of nitrogens with zero attached hydrogens (tertiary/aromatic N) is 3. The molecule has 1 atom stereocenters. The molecule has 3 aromatic heterocycles. The third-order valence-electron chi connectivity index (χ3n) is 3.41. The van der Waals surface area contributed by atoms with Gasteiger partial charge in [-0.2, -0.15) is 4.98 Å². The van der Waals surface area contributed by atoms with Crippen molar-refractivity contribution in [2.45, 2.75) is 19.0 Å². The minimum absolute atomic E-state index is 0.0154. The fourth-order valence-corrected chi connectivity index (χ4v) is 3.05. The van der Waals surface area contributed by atoms with Crippen LogP contribution in [0.4, 0.5) is 14.6 Å². The first kappa shape index (κ1) is 17.1. The number of nitrogens with two attached hydrogens (primary N) is 1. The molecule has 0 aliphatic rings. The van der Waals surface area contributed by atoms with Gasteiger partial charge in [0.15, 0.2) is 11.6 Å². The Balaban J connectivity index is 2.03. The number of fused-ring (bicyclic) bond motifs is 1. The third-order valence-corrected chi connectivity index (χ3v) is 4.38. The van der Waals surface area contributed by atoms with E-state index in [1.54, 1.807) is 12.1 Å². The molecule has 3 N–H and O–H groups in total. The number of aromatic nitrogens is 3. The van der Waals surface area contributed by atoms with E-state index >= 15 is 0 Å². The van der Waals surface area contributed by atoms with Gasteiger partial charge in [-0.3, -0.25) is 0 Å². The molecule has 0 saturated heterocycles. The molecular weight excluding hydrogens is 408 g/mol. The average molecular weight is 421 g/mol. The van der Waals surface area contributed by atoms with Crippen molar-refractivity contribution in [1.82, 2.24) is 14.6 Å². The highest BCUT2D eigenvalue weighted by Crippen LogP contribution is 2.31. The van der Waals surface area contributed by atoms with Crippen molar-refractivity contribution < 1.29 is 13.2 Å². The van der Waals surface area contributed by atoms with Gasteiger partial charge in [0.1, 0.15) is 22.6 Å². The number of furan rings is 1. The van der Waals surface area contributed by atoms with Crippen LogP contribution in [0.15, 0.2) is 27.4 Å². The lowest BCUT2D eigenvalue weighted by Gasteiger charge is -2.06. The number of hydrogen-bond acceptors (Lipinski definition) is 5. The molecule has 0 bridgehead atoms. The highest BCUT2D eigenvalue weighted by Gasteiger charge is 2.23. The van der Waals surface area contributed by atoms with Crippen molar-refractivity contribution in [1.29, 1.82) is 0 Å². The number of alkyl halides is 1. The SMILES string of the molecule is N[C@@H](CF)Cc1c(F)c2c(NCc3ccco3)nc(Cl)nn2c1Br. The van der Waals surface area contributed by atoms with Gasteiger partial charge in [0, 0.05) is 11.6 Å². The van der Waals surface area contributed by atoms with E-state index in [-0.39, 0.29) is 35.1 Å². The zero-order valence-electron chi connectivity index (χ0n) is 12.3. The number of nitrogens with one attached hydrogen (secondary N) is 1. The van der Waals surface area contributed by atoms with E-state index in [0.29, 0.717) is 10.4 Å². The summed E-state index contributed by atoms with van der Waals surface area (Å²) in [6.07, 6.45) is 1.55. The van der Waals surface area contributed by atoms with Crippen LogP contribution >= 0.6 is 27.5 Å². The Kier molecular flexibility index (Phi) is 5.02. The molecule has 128 valence electrons. The molecular formula is C14H13BrClF2N5O. The molecule has 24 heavy (non-hydrogen) atoms. The van der Waals surface area contributed by atoms with Gasteiger partial charge >= 0.3 is 0 Å². The van der Waals surface area contributed by atoms with Crippen molar-refractivity contribution in [2.24, 2.45) is 5.73 Å². The van der Waals surface area contributed by atoms with Crippen molar-refractivity contribution in [3.63, 3.8) is 0 Å². The van der Waals surface area contributed by atoms with E-state index < -0.39 is 18.5 Å². The van der Waals surface area contributed by atoms with Gasteiger partial charge in [-0.15, -0.1) is 5.10 Å². The molecule has 0 aliphatic carbocycles. The summed E-state index contributed by atoms with van der Waals surface area (Å²) in [5.74, 6) is 0.266. The van der Waals surface area contributed by atoms with Gasteiger partial charge in [-0.25, -0.2) is 13.3 Å². The zero-order chi connectivity index (χ0) is 17.3. The maximum absolute atomic E-state index is 14.8. The third kappa shape index (κ3) is 3.24. The molecule has 0 radical (unpaired) electrons. The molecule has 0 saturated carbocycles. The maximum atomic E-state index is 14.8. The minimum atomic E-state index is -0.809. The van der Waals surface area contributed by atoms with Crippen LogP contribution in [0.3, 0.4) is 0 Å². The average Bonchev–Trinajstić information content (AvgIpc) is 3.16. The summed E-state index contributed by atoms with van der Waals surface area (Å²) in [6.45, 7) is -0.467. The number of rotatable bonds is 6. The molecule has 0 aromatic carbocycles. The Labute approximate surface area is 149 Å². The fourth-order valence-electron chi connectivity index (χ4n) is 2.30. The van der Waals surface area contributed by atoms with Crippen LogP contribution in [-0.2, 0) is 13.0 Å². The van der Waals surface area contributed by atoms with Crippen LogP contribution in [0, 0.1) is 5.82 Å². The molecule has 0 aliphatic heterocycles. The van der Waals surface area contributed by atoms with Crippen LogP contribution in [0.5, 0.6) is 0 Å². The summed E-state index contributed by atoms with van der Waals surface area (Å²) in [4.78, 5) is 4.03. The van der Waals surface area contributed by atoms with Gasteiger partial charge in [-0.1, -0.05) is 0 Å².